The van der Waals surface area contributed by atoms with Crippen LogP contribution in [-0.2, 0) is 14.3 Å². The molecule has 0 amide bonds. The molecule has 0 bridgehead atoms. The standard InChI is InChI=1S/C14H19NO4/c1-14(2,3)19-13(17)18-12(16)11(9-15)10-7-5-4-6-8-10/h4-8,11H,9,15H2,1-3H3/t11-/m1/s1. The van der Waals surface area contributed by atoms with Gasteiger partial charge in [-0.2, -0.15) is 0 Å². The Morgan fingerprint density at radius 2 is 1.79 bits per heavy atom. The molecule has 1 aromatic carbocycles. The predicted molar refractivity (Wildman–Crippen MR) is 70.6 cm³/mol. The molecule has 0 saturated heterocycles. The van der Waals surface area contributed by atoms with E-state index in [0.29, 0.717) is 5.56 Å². The van der Waals surface area contributed by atoms with Crippen LogP contribution in [0, 0.1) is 0 Å². The molecule has 0 aliphatic heterocycles. The molecular weight excluding hydrogens is 246 g/mol. The van der Waals surface area contributed by atoms with E-state index in [0.717, 1.165) is 0 Å². The van der Waals surface area contributed by atoms with Crippen molar-refractivity contribution in [2.75, 3.05) is 6.54 Å². The van der Waals surface area contributed by atoms with Crippen molar-refractivity contribution >= 4 is 12.1 Å². The van der Waals surface area contributed by atoms with Gasteiger partial charge < -0.3 is 15.2 Å². The topological polar surface area (TPSA) is 78.6 Å². The maximum absolute atomic E-state index is 11.9. The third kappa shape index (κ3) is 5.09. The lowest BCUT2D eigenvalue weighted by Gasteiger charge is -2.19. The number of nitrogens with two attached hydrogens (primary N) is 1. The van der Waals surface area contributed by atoms with Crippen molar-refractivity contribution in [1.82, 2.24) is 0 Å². The first-order chi connectivity index (χ1) is 8.83. The molecule has 104 valence electrons. The maximum Gasteiger partial charge on any atom is 0.516 e. The van der Waals surface area contributed by atoms with Crippen LogP contribution >= 0.6 is 0 Å². The van der Waals surface area contributed by atoms with Gasteiger partial charge in [0.25, 0.3) is 0 Å². The Labute approximate surface area is 112 Å². The van der Waals surface area contributed by atoms with Gasteiger partial charge in [0, 0.05) is 6.54 Å². The molecule has 0 fully saturated rings. The summed E-state index contributed by atoms with van der Waals surface area (Å²) in [5.74, 6) is -1.38. The SMILES string of the molecule is CC(C)(C)OC(=O)OC(=O)[C@H](CN)c1ccccc1. The lowest BCUT2D eigenvalue weighted by Crippen LogP contribution is -2.30. The minimum Gasteiger partial charge on any atom is -0.428 e. The summed E-state index contributed by atoms with van der Waals surface area (Å²) in [7, 11) is 0. The molecule has 19 heavy (non-hydrogen) atoms. The van der Waals surface area contributed by atoms with E-state index in [-0.39, 0.29) is 6.54 Å². The van der Waals surface area contributed by atoms with E-state index < -0.39 is 23.6 Å². The summed E-state index contributed by atoms with van der Waals surface area (Å²) in [6.07, 6.45) is -1.01. The zero-order chi connectivity index (χ0) is 14.5. The molecule has 0 aromatic heterocycles. The number of esters is 1. The lowest BCUT2D eigenvalue weighted by atomic mass is 10.00. The van der Waals surface area contributed by atoms with E-state index in [9.17, 15) is 9.59 Å². The molecule has 0 heterocycles. The summed E-state index contributed by atoms with van der Waals surface area (Å²) >= 11 is 0. The third-order valence-electron chi connectivity index (χ3n) is 2.30. The van der Waals surface area contributed by atoms with Gasteiger partial charge in [0.15, 0.2) is 0 Å². The predicted octanol–water partition coefficient (Wildman–Crippen LogP) is 2.21. The van der Waals surface area contributed by atoms with Crippen molar-refractivity contribution in [3.8, 4) is 0 Å². The van der Waals surface area contributed by atoms with Crippen LogP contribution in [-0.4, -0.2) is 24.3 Å². The fourth-order valence-electron chi connectivity index (χ4n) is 1.48. The highest BCUT2D eigenvalue weighted by atomic mass is 16.7. The summed E-state index contributed by atoms with van der Waals surface area (Å²) < 4.78 is 9.57. The molecule has 0 aliphatic carbocycles. The second-order valence-electron chi connectivity index (χ2n) is 5.08. The first-order valence-electron chi connectivity index (χ1n) is 6.03. The van der Waals surface area contributed by atoms with Gasteiger partial charge in [-0.3, -0.25) is 4.79 Å². The smallest absolute Gasteiger partial charge is 0.428 e. The van der Waals surface area contributed by atoms with Crippen molar-refractivity contribution in [3.05, 3.63) is 35.9 Å². The molecular formula is C14H19NO4. The van der Waals surface area contributed by atoms with Gasteiger partial charge in [0.1, 0.15) is 5.60 Å². The Balaban J connectivity index is 2.68. The number of benzene rings is 1. The summed E-state index contributed by atoms with van der Waals surface area (Å²) in [4.78, 5) is 23.3. The van der Waals surface area contributed by atoms with Gasteiger partial charge in [0.2, 0.25) is 0 Å². The molecule has 2 N–H and O–H groups in total. The number of hydrogen-bond donors (Lipinski definition) is 1. The summed E-state index contributed by atoms with van der Waals surface area (Å²) in [5.41, 5.74) is 5.56. The van der Waals surface area contributed by atoms with Crippen LogP contribution < -0.4 is 5.73 Å². The Kier molecular flexibility index (Phi) is 5.06. The van der Waals surface area contributed by atoms with Crippen LogP contribution in [0.15, 0.2) is 30.3 Å². The Morgan fingerprint density at radius 3 is 2.26 bits per heavy atom. The highest BCUT2D eigenvalue weighted by Crippen LogP contribution is 2.17. The molecule has 0 saturated carbocycles. The number of carbonyl (C=O) groups excluding carboxylic acids is 2. The number of ether oxygens (including phenoxy) is 2. The summed E-state index contributed by atoms with van der Waals surface area (Å²) in [5, 5.41) is 0. The minimum atomic E-state index is -1.01. The minimum absolute atomic E-state index is 0.0612. The van der Waals surface area contributed by atoms with Crippen molar-refractivity contribution in [2.45, 2.75) is 32.3 Å². The number of carbonyl (C=O) groups is 2. The largest absolute Gasteiger partial charge is 0.516 e. The molecule has 5 nitrogen and oxygen atoms in total. The molecule has 1 rings (SSSR count). The normalized spacial score (nSPS) is 12.6. The van der Waals surface area contributed by atoms with Gasteiger partial charge >= 0.3 is 12.1 Å². The van der Waals surface area contributed by atoms with E-state index in [4.69, 9.17) is 10.5 Å². The zero-order valence-corrected chi connectivity index (χ0v) is 11.4. The Bertz CT molecular complexity index is 437. The van der Waals surface area contributed by atoms with Crippen LogP contribution in [0.5, 0.6) is 0 Å². The average Bonchev–Trinajstić information content (AvgIpc) is 2.28. The van der Waals surface area contributed by atoms with Crippen molar-refractivity contribution in [1.29, 1.82) is 0 Å². The second kappa shape index (κ2) is 6.33. The van der Waals surface area contributed by atoms with Crippen molar-refractivity contribution < 1.29 is 19.1 Å². The molecule has 5 heteroatoms. The monoisotopic (exact) mass is 265 g/mol. The van der Waals surface area contributed by atoms with Crippen LogP contribution in [0.1, 0.15) is 32.3 Å². The van der Waals surface area contributed by atoms with E-state index in [1.54, 1.807) is 45.0 Å². The summed E-state index contributed by atoms with van der Waals surface area (Å²) in [6, 6.07) is 8.93. The fourth-order valence-corrected chi connectivity index (χ4v) is 1.48. The van der Waals surface area contributed by atoms with E-state index >= 15 is 0 Å². The summed E-state index contributed by atoms with van der Waals surface area (Å²) in [6.45, 7) is 5.13. The zero-order valence-electron chi connectivity index (χ0n) is 11.4. The average molecular weight is 265 g/mol. The molecule has 1 aromatic rings. The molecule has 0 radical (unpaired) electrons. The van der Waals surface area contributed by atoms with Gasteiger partial charge in [0.05, 0.1) is 5.92 Å². The van der Waals surface area contributed by atoms with E-state index in [1.807, 2.05) is 6.07 Å². The fraction of sp³-hybridized carbons (Fsp3) is 0.429. The third-order valence-corrected chi connectivity index (χ3v) is 2.30. The number of hydrogen-bond acceptors (Lipinski definition) is 5. The quantitative estimate of drug-likeness (QED) is 0.669. The molecule has 0 spiro atoms. The van der Waals surface area contributed by atoms with E-state index in [1.165, 1.54) is 0 Å². The van der Waals surface area contributed by atoms with Gasteiger partial charge in [-0.25, -0.2) is 4.79 Å². The maximum atomic E-state index is 11.9. The van der Waals surface area contributed by atoms with Crippen LogP contribution in [0.25, 0.3) is 0 Å². The molecule has 0 aliphatic rings. The second-order valence-corrected chi connectivity index (χ2v) is 5.08. The Morgan fingerprint density at radius 1 is 1.21 bits per heavy atom. The molecule has 0 unspecified atom stereocenters. The first-order valence-corrected chi connectivity index (χ1v) is 6.03. The van der Waals surface area contributed by atoms with Gasteiger partial charge in [-0.15, -0.1) is 0 Å². The van der Waals surface area contributed by atoms with Gasteiger partial charge in [-0.05, 0) is 26.3 Å². The highest BCUT2D eigenvalue weighted by molar-refractivity contribution is 5.87. The first kappa shape index (κ1) is 15.2. The van der Waals surface area contributed by atoms with Crippen molar-refractivity contribution in [3.63, 3.8) is 0 Å². The lowest BCUT2D eigenvalue weighted by molar-refractivity contribution is -0.143. The Hall–Kier alpha value is -1.88. The highest BCUT2D eigenvalue weighted by Gasteiger charge is 2.26. The van der Waals surface area contributed by atoms with Gasteiger partial charge in [-0.1, -0.05) is 30.3 Å². The molecule has 1 atom stereocenters. The van der Waals surface area contributed by atoms with Crippen LogP contribution in [0.4, 0.5) is 4.79 Å². The number of rotatable bonds is 3. The van der Waals surface area contributed by atoms with E-state index in [2.05, 4.69) is 4.74 Å². The van der Waals surface area contributed by atoms with Crippen LogP contribution in [0.3, 0.4) is 0 Å². The van der Waals surface area contributed by atoms with Crippen molar-refractivity contribution in [2.24, 2.45) is 5.73 Å². The van der Waals surface area contributed by atoms with Crippen LogP contribution in [0.2, 0.25) is 0 Å².